The Morgan fingerprint density at radius 3 is 2.13 bits per heavy atom. The van der Waals surface area contributed by atoms with Crippen LogP contribution >= 0.6 is 23.4 Å². The Morgan fingerprint density at radius 1 is 0.823 bits per heavy atom. The van der Waals surface area contributed by atoms with Crippen LogP contribution in [0, 0.1) is 17.3 Å². The first-order valence-electron chi connectivity index (χ1n) is 27.3. The average Bonchev–Trinajstić information content (AvgIpc) is 3.54. The summed E-state index contributed by atoms with van der Waals surface area (Å²) in [6, 6.07) is 25.6. The van der Waals surface area contributed by atoms with Crippen LogP contribution in [0.25, 0.3) is 5.57 Å². The van der Waals surface area contributed by atoms with E-state index in [9.17, 15) is 44.4 Å². The van der Waals surface area contributed by atoms with Crippen LogP contribution in [-0.4, -0.2) is 139 Å². The van der Waals surface area contributed by atoms with Gasteiger partial charge in [0.1, 0.15) is 4.90 Å². The molecule has 4 aliphatic rings. The highest BCUT2D eigenvalue weighted by Crippen LogP contribution is 2.43. The first-order chi connectivity index (χ1) is 37.6. The van der Waals surface area contributed by atoms with Gasteiger partial charge in [0.15, 0.2) is 0 Å². The van der Waals surface area contributed by atoms with Crippen molar-refractivity contribution < 1.29 is 49.1 Å². The molecule has 2 heterocycles. The summed E-state index contributed by atoms with van der Waals surface area (Å²) < 4.78 is 104. The predicted octanol–water partition coefficient (Wildman–Crippen LogP) is 10.4. The van der Waals surface area contributed by atoms with E-state index in [2.05, 4.69) is 46.0 Å². The maximum absolute atomic E-state index is 14.4. The Labute approximate surface area is 472 Å². The number of ether oxygens (including phenoxy) is 1. The number of hydrogen-bond donors (Lipinski definition) is 2. The molecule has 4 aromatic rings. The zero-order valence-corrected chi connectivity index (χ0v) is 48.3. The van der Waals surface area contributed by atoms with Crippen molar-refractivity contribution in [3.05, 3.63) is 119 Å². The Balaban J connectivity index is 0.894. The van der Waals surface area contributed by atoms with E-state index in [1.165, 1.54) is 40.6 Å². The molecule has 2 aliphatic heterocycles. The van der Waals surface area contributed by atoms with E-state index in [-0.39, 0.29) is 34.7 Å². The summed E-state index contributed by atoms with van der Waals surface area (Å²) in [6.07, 6.45) is 6.84. The summed E-state index contributed by atoms with van der Waals surface area (Å²) in [5, 5.41) is 3.73. The van der Waals surface area contributed by atoms with Gasteiger partial charge in [-0.05, 0) is 147 Å². The number of carbonyl (C=O) groups is 3. The topological polar surface area (TPSA) is 166 Å². The number of allylic oxidation sites excluding steroid dienone is 1. The zero-order valence-electron chi connectivity index (χ0n) is 45.1. The quantitative estimate of drug-likeness (QED) is 0.0635. The number of halogens is 4. The van der Waals surface area contributed by atoms with Gasteiger partial charge in [0.05, 0.1) is 17.2 Å². The van der Waals surface area contributed by atoms with Gasteiger partial charge >= 0.3 is 11.5 Å². The number of sulfonamides is 1. The fraction of sp³-hybridized carbons (Fsp3) is 0.500. The summed E-state index contributed by atoms with van der Waals surface area (Å²) in [5.41, 5.74) is -1.18. The number of piperazine rings is 2. The summed E-state index contributed by atoms with van der Waals surface area (Å²) in [5.74, 6) is -0.745. The minimum absolute atomic E-state index is 0.0212. The molecule has 8 rings (SSSR count). The smallest absolute Gasteiger partial charge is 0.466 e. The monoisotopic (exact) mass is 1170 g/mol. The number of benzene rings is 4. The van der Waals surface area contributed by atoms with Gasteiger partial charge in [0, 0.05) is 111 Å². The second-order valence-corrected chi connectivity index (χ2v) is 27.1. The highest BCUT2D eigenvalue weighted by atomic mass is 35.5. The molecule has 4 aromatic carbocycles. The van der Waals surface area contributed by atoms with E-state index in [1.54, 1.807) is 19.1 Å². The number of sulfone groups is 1. The standard InChI is InChI=1S/C58H72ClF3N6O8S3/c1-4-76-54(69)36-41-10-12-44(13-11-41)56(71)68-34-28-65(29-35-68)27-25-47(40-77-49-8-6-5-7-9-49)63-52-23-22-50(37-53(52)78(72,73)58(60,61)62)79(74,75)64-55(70)43-16-20-48(21-17-43)67-32-30-66(31-33-67)39-45-38-57(2,3)26-24-51(45)42-14-18-46(59)19-15-42/h5-9,14-23,37,41,44,47,63H,4,10-13,24-36,38-40H2,1-3H3,(H,64,70)/t41?,44?,47-/m1/s1. The number of anilines is 2. The molecule has 2 amide bonds. The predicted molar refractivity (Wildman–Crippen MR) is 304 cm³/mol. The Bertz CT molecular complexity index is 3020. The number of esters is 1. The molecular weight excluding hydrogens is 1100 g/mol. The van der Waals surface area contributed by atoms with Crippen LogP contribution in [0.3, 0.4) is 0 Å². The van der Waals surface area contributed by atoms with E-state index >= 15 is 0 Å². The van der Waals surface area contributed by atoms with Crippen LogP contribution in [0.5, 0.6) is 0 Å². The molecule has 0 unspecified atom stereocenters. The molecule has 2 N–H and O–H groups in total. The first-order valence-corrected chi connectivity index (χ1v) is 31.6. The maximum Gasteiger partial charge on any atom is 0.501 e. The molecule has 0 radical (unpaired) electrons. The minimum Gasteiger partial charge on any atom is -0.466 e. The molecule has 0 aromatic heterocycles. The summed E-state index contributed by atoms with van der Waals surface area (Å²) in [4.78, 5) is 46.4. The van der Waals surface area contributed by atoms with Gasteiger partial charge < -0.3 is 19.9 Å². The first kappa shape index (κ1) is 60.0. The van der Waals surface area contributed by atoms with Crippen molar-refractivity contribution in [1.29, 1.82) is 0 Å². The fourth-order valence-corrected chi connectivity index (χ4v) is 14.3. The normalized spacial score (nSPS) is 20.1. The molecule has 2 saturated heterocycles. The van der Waals surface area contributed by atoms with Crippen molar-refractivity contribution in [2.75, 3.05) is 88.0 Å². The van der Waals surface area contributed by atoms with Crippen molar-refractivity contribution >= 4 is 78.0 Å². The Kier molecular flexibility index (Phi) is 19.9. The van der Waals surface area contributed by atoms with Gasteiger partial charge in [0.2, 0.25) is 5.91 Å². The number of nitrogens with zero attached hydrogens (tertiary/aromatic N) is 4. The van der Waals surface area contributed by atoms with E-state index in [0.717, 1.165) is 87.5 Å². The van der Waals surface area contributed by atoms with Gasteiger partial charge in [-0.15, -0.1) is 11.8 Å². The molecule has 0 bridgehead atoms. The van der Waals surface area contributed by atoms with Crippen molar-refractivity contribution in [2.45, 2.75) is 105 Å². The maximum atomic E-state index is 14.4. The molecule has 0 spiro atoms. The van der Waals surface area contributed by atoms with Crippen molar-refractivity contribution in [1.82, 2.24) is 19.4 Å². The van der Waals surface area contributed by atoms with Gasteiger partial charge in [0.25, 0.3) is 25.8 Å². The molecule has 3 fully saturated rings. The third-order valence-corrected chi connectivity index (χ3v) is 20.0. The fourth-order valence-electron chi connectivity index (χ4n) is 11.2. The third kappa shape index (κ3) is 15.9. The number of amides is 2. The summed E-state index contributed by atoms with van der Waals surface area (Å²) >= 11 is 7.63. The van der Waals surface area contributed by atoms with E-state index in [4.69, 9.17) is 16.3 Å². The molecule has 2 aliphatic carbocycles. The van der Waals surface area contributed by atoms with Crippen molar-refractivity contribution in [3.63, 3.8) is 0 Å². The van der Waals surface area contributed by atoms with Crippen LogP contribution in [-0.2, 0) is 34.2 Å². The number of nitrogens with one attached hydrogen (secondary N) is 2. The highest BCUT2D eigenvalue weighted by Gasteiger charge is 2.49. The zero-order chi connectivity index (χ0) is 56.5. The average molecular weight is 1170 g/mol. The molecule has 428 valence electrons. The van der Waals surface area contributed by atoms with Crippen LogP contribution < -0.4 is 14.9 Å². The largest absolute Gasteiger partial charge is 0.501 e. The number of carbonyl (C=O) groups excluding carboxylic acids is 3. The summed E-state index contributed by atoms with van der Waals surface area (Å²) in [6.45, 7) is 13.2. The molecule has 1 atom stereocenters. The van der Waals surface area contributed by atoms with E-state index in [1.807, 2.05) is 52.1 Å². The Morgan fingerprint density at radius 2 is 1.48 bits per heavy atom. The van der Waals surface area contributed by atoms with E-state index < -0.39 is 52.8 Å². The van der Waals surface area contributed by atoms with Gasteiger partial charge in [-0.2, -0.15) is 13.2 Å². The lowest BCUT2D eigenvalue weighted by Gasteiger charge is -2.39. The molecule has 14 nitrogen and oxygen atoms in total. The van der Waals surface area contributed by atoms with Crippen LogP contribution in [0.1, 0.15) is 94.5 Å². The van der Waals surface area contributed by atoms with Crippen LogP contribution in [0.2, 0.25) is 5.02 Å². The van der Waals surface area contributed by atoms with Gasteiger partial charge in [-0.25, -0.2) is 21.6 Å². The molecule has 21 heteroatoms. The highest BCUT2D eigenvalue weighted by molar-refractivity contribution is 7.99. The number of hydrogen-bond acceptors (Lipinski definition) is 13. The number of alkyl halides is 3. The molecule has 79 heavy (non-hydrogen) atoms. The summed E-state index contributed by atoms with van der Waals surface area (Å²) in [7, 11) is -11.0. The lowest BCUT2D eigenvalue weighted by atomic mass is 9.73. The molecule has 1 saturated carbocycles. The molecular formula is C58H72ClF3N6O8S3. The van der Waals surface area contributed by atoms with Crippen LogP contribution in [0.15, 0.2) is 117 Å². The van der Waals surface area contributed by atoms with Crippen molar-refractivity contribution in [3.8, 4) is 0 Å². The van der Waals surface area contributed by atoms with Crippen LogP contribution in [0.4, 0.5) is 24.5 Å². The number of thioether (sulfide) groups is 1. The lowest BCUT2D eigenvalue weighted by Crippen LogP contribution is -2.51. The SMILES string of the molecule is CCOC(=O)CC1CCC(C(=O)N2CCN(CC[C@H](CSc3ccccc3)Nc3ccc(S(=O)(=O)NC(=O)c4ccc(N5CCN(CC6=C(c7ccc(Cl)cc7)CCC(C)(C)C6)CC5)cc4)cc3S(=O)(=O)C(F)(F)F)CC2)CC1. The second kappa shape index (κ2) is 26.2. The lowest BCUT2D eigenvalue weighted by molar-refractivity contribution is -0.144. The number of rotatable bonds is 20. The van der Waals surface area contributed by atoms with Gasteiger partial charge in [-0.1, -0.05) is 61.4 Å². The van der Waals surface area contributed by atoms with Gasteiger partial charge in [-0.3, -0.25) is 24.2 Å². The van der Waals surface area contributed by atoms with Crippen molar-refractivity contribution in [2.24, 2.45) is 17.3 Å². The second-order valence-electron chi connectivity index (χ2n) is 21.9. The van der Waals surface area contributed by atoms with E-state index in [0.29, 0.717) is 81.9 Å². The Hall–Kier alpha value is -5.12. The minimum atomic E-state index is -6.13. The third-order valence-electron chi connectivity index (χ3n) is 15.7.